The SMILES string of the molecule is CCCNC(=NC)NCC(=O)N1CCN(c2ccc(Cl)cc2)CC1.I. The first-order valence-electron chi connectivity index (χ1n) is 8.37. The number of hydrogen-bond donors (Lipinski definition) is 2. The van der Waals surface area contributed by atoms with Gasteiger partial charge in [-0.2, -0.15) is 0 Å². The lowest BCUT2D eigenvalue weighted by Crippen LogP contribution is -2.52. The van der Waals surface area contributed by atoms with Gasteiger partial charge in [0, 0.05) is 50.5 Å². The molecule has 1 fully saturated rings. The van der Waals surface area contributed by atoms with Crippen LogP contribution in [0.3, 0.4) is 0 Å². The number of rotatable bonds is 5. The third-order valence-corrected chi connectivity index (χ3v) is 4.25. The molecule has 25 heavy (non-hydrogen) atoms. The number of halogens is 2. The van der Waals surface area contributed by atoms with E-state index in [9.17, 15) is 4.79 Å². The number of anilines is 1. The Morgan fingerprint density at radius 3 is 2.36 bits per heavy atom. The summed E-state index contributed by atoms with van der Waals surface area (Å²) in [6, 6.07) is 7.83. The molecule has 0 aliphatic carbocycles. The average Bonchev–Trinajstić information content (AvgIpc) is 2.62. The number of benzene rings is 1. The Kier molecular flexibility index (Phi) is 9.96. The summed E-state index contributed by atoms with van der Waals surface area (Å²) in [6.45, 7) is 6.31. The van der Waals surface area contributed by atoms with Gasteiger partial charge in [0.15, 0.2) is 5.96 Å². The summed E-state index contributed by atoms with van der Waals surface area (Å²) < 4.78 is 0. The van der Waals surface area contributed by atoms with Gasteiger partial charge in [0.25, 0.3) is 0 Å². The second-order valence-corrected chi connectivity index (χ2v) is 6.13. The van der Waals surface area contributed by atoms with Gasteiger partial charge in [-0.05, 0) is 30.7 Å². The Balaban J connectivity index is 0.00000312. The van der Waals surface area contributed by atoms with E-state index in [1.165, 1.54) is 0 Å². The Morgan fingerprint density at radius 1 is 1.16 bits per heavy atom. The van der Waals surface area contributed by atoms with E-state index in [2.05, 4.69) is 27.4 Å². The molecular formula is C17H27ClIN5O. The summed E-state index contributed by atoms with van der Waals surface area (Å²) in [5.74, 6) is 0.773. The van der Waals surface area contributed by atoms with Gasteiger partial charge in [-0.1, -0.05) is 18.5 Å². The number of hydrogen-bond acceptors (Lipinski definition) is 3. The third kappa shape index (κ3) is 6.89. The van der Waals surface area contributed by atoms with Crippen molar-refractivity contribution in [2.45, 2.75) is 13.3 Å². The largest absolute Gasteiger partial charge is 0.368 e. The summed E-state index contributed by atoms with van der Waals surface area (Å²) in [7, 11) is 1.71. The number of carbonyl (C=O) groups excluding carboxylic acids is 1. The average molecular weight is 480 g/mol. The quantitative estimate of drug-likeness (QED) is 0.386. The van der Waals surface area contributed by atoms with Gasteiger partial charge in [0.05, 0.1) is 6.54 Å². The monoisotopic (exact) mass is 479 g/mol. The molecular weight excluding hydrogens is 453 g/mol. The van der Waals surface area contributed by atoms with E-state index in [1.54, 1.807) is 7.05 Å². The highest BCUT2D eigenvalue weighted by atomic mass is 127. The normalized spacial score (nSPS) is 14.8. The Bertz CT molecular complexity index is 559. The lowest BCUT2D eigenvalue weighted by Gasteiger charge is -2.36. The van der Waals surface area contributed by atoms with Crippen molar-refractivity contribution in [3.05, 3.63) is 29.3 Å². The highest BCUT2D eigenvalue weighted by Crippen LogP contribution is 2.19. The molecule has 0 radical (unpaired) electrons. The zero-order valence-corrected chi connectivity index (χ0v) is 17.9. The molecule has 0 saturated carbocycles. The standard InChI is InChI=1S/C17H26ClN5O.HI/c1-3-8-20-17(19-2)21-13-16(24)23-11-9-22(10-12-23)15-6-4-14(18)5-7-15;/h4-7H,3,8-13H2,1-2H3,(H2,19,20,21);1H. The van der Waals surface area contributed by atoms with E-state index in [0.29, 0.717) is 5.96 Å². The van der Waals surface area contributed by atoms with Crippen LogP contribution in [-0.4, -0.2) is 63.1 Å². The van der Waals surface area contributed by atoms with E-state index < -0.39 is 0 Å². The fourth-order valence-electron chi connectivity index (χ4n) is 2.60. The first-order chi connectivity index (χ1) is 11.6. The van der Waals surface area contributed by atoms with Crippen molar-refractivity contribution in [1.82, 2.24) is 15.5 Å². The van der Waals surface area contributed by atoms with Crippen molar-refractivity contribution < 1.29 is 4.79 Å². The minimum atomic E-state index is 0. The molecule has 1 aliphatic heterocycles. The molecule has 1 amide bonds. The first-order valence-corrected chi connectivity index (χ1v) is 8.74. The fourth-order valence-corrected chi connectivity index (χ4v) is 2.73. The molecule has 2 N–H and O–H groups in total. The van der Waals surface area contributed by atoms with Crippen molar-refractivity contribution in [1.29, 1.82) is 0 Å². The number of nitrogens with one attached hydrogen (secondary N) is 2. The molecule has 0 bridgehead atoms. The van der Waals surface area contributed by atoms with Crippen molar-refractivity contribution in [3.8, 4) is 0 Å². The zero-order valence-electron chi connectivity index (χ0n) is 14.8. The van der Waals surface area contributed by atoms with Crippen LogP contribution in [0.1, 0.15) is 13.3 Å². The van der Waals surface area contributed by atoms with E-state index in [4.69, 9.17) is 11.6 Å². The number of nitrogens with zero attached hydrogens (tertiary/aromatic N) is 3. The Morgan fingerprint density at radius 2 is 1.80 bits per heavy atom. The molecule has 8 heteroatoms. The molecule has 1 aliphatic rings. The van der Waals surface area contributed by atoms with Crippen LogP contribution in [0.15, 0.2) is 29.3 Å². The first kappa shape index (κ1) is 21.8. The molecule has 1 aromatic rings. The van der Waals surface area contributed by atoms with E-state index in [0.717, 1.165) is 49.9 Å². The molecule has 0 aromatic heterocycles. The molecule has 140 valence electrons. The summed E-state index contributed by atoms with van der Waals surface area (Å²) in [5, 5.41) is 6.97. The Hall–Kier alpha value is -1.22. The van der Waals surface area contributed by atoms with Gasteiger partial charge in [0.2, 0.25) is 5.91 Å². The summed E-state index contributed by atoms with van der Waals surface area (Å²) in [5.41, 5.74) is 1.15. The van der Waals surface area contributed by atoms with Gasteiger partial charge in [0.1, 0.15) is 0 Å². The van der Waals surface area contributed by atoms with Crippen LogP contribution in [0, 0.1) is 0 Å². The van der Waals surface area contributed by atoms with Crippen molar-refractivity contribution in [3.63, 3.8) is 0 Å². The highest BCUT2D eigenvalue weighted by Gasteiger charge is 2.21. The minimum absolute atomic E-state index is 0. The summed E-state index contributed by atoms with van der Waals surface area (Å²) in [4.78, 5) is 20.6. The van der Waals surface area contributed by atoms with Crippen LogP contribution in [0.5, 0.6) is 0 Å². The van der Waals surface area contributed by atoms with E-state index >= 15 is 0 Å². The summed E-state index contributed by atoms with van der Waals surface area (Å²) in [6.07, 6.45) is 1.02. The molecule has 1 aromatic carbocycles. The zero-order chi connectivity index (χ0) is 17.4. The fraction of sp³-hybridized carbons (Fsp3) is 0.529. The summed E-state index contributed by atoms with van der Waals surface area (Å²) >= 11 is 5.93. The highest BCUT2D eigenvalue weighted by molar-refractivity contribution is 14.0. The minimum Gasteiger partial charge on any atom is -0.368 e. The maximum absolute atomic E-state index is 12.3. The maximum atomic E-state index is 12.3. The van der Waals surface area contributed by atoms with Crippen LogP contribution in [-0.2, 0) is 4.79 Å². The lowest BCUT2D eigenvalue weighted by atomic mass is 10.2. The van der Waals surface area contributed by atoms with Gasteiger partial charge in [-0.25, -0.2) is 0 Å². The smallest absolute Gasteiger partial charge is 0.242 e. The molecule has 0 unspecified atom stereocenters. The number of piperazine rings is 1. The predicted octanol–water partition coefficient (Wildman–Crippen LogP) is 2.18. The Labute approximate surface area is 172 Å². The topological polar surface area (TPSA) is 60.0 Å². The molecule has 0 spiro atoms. The number of aliphatic imine (C=N–C) groups is 1. The second kappa shape index (κ2) is 11.4. The predicted molar refractivity (Wildman–Crippen MR) is 115 cm³/mol. The molecule has 1 saturated heterocycles. The molecule has 2 rings (SSSR count). The van der Waals surface area contributed by atoms with Gasteiger partial charge in [-0.15, -0.1) is 24.0 Å². The van der Waals surface area contributed by atoms with E-state index in [-0.39, 0.29) is 36.4 Å². The van der Waals surface area contributed by atoms with Gasteiger partial charge >= 0.3 is 0 Å². The van der Waals surface area contributed by atoms with Crippen molar-refractivity contribution in [2.75, 3.05) is 51.2 Å². The van der Waals surface area contributed by atoms with Gasteiger partial charge < -0.3 is 20.4 Å². The third-order valence-electron chi connectivity index (χ3n) is 4.00. The van der Waals surface area contributed by atoms with Crippen molar-refractivity contribution in [2.24, 2.45) is 4.99 Å². The molecule has 1 heterocycles. The van der Waals surface area contributed by atoms with Crippen LogP contribution in [0.4, 0.5) is 5.69 Å². The van der Waals surface area contributed by atoms with Crippen LogP contribution >= 0.6 is 35.6 Å². The number of amides is 1. The van der Waals surface area contributed by atoms with Gasteiger partial charge in [-0.3, -0.25) is 9.79 Å². The van der Waals surface area contributed by atoms with Crippen LogP contribution in [0.2, 0.25) is 5.02 Å². The lowest BCUT2D eigenvalue weighted by molar-refractivity contribution is -0.130. The van der Waals surface area contributed by atoms with E-state index in [1.807, 2.05) is 29.2 Å². The number of guanidine groups is 1. The van der Waals surface area contributed by atoms with Crippen molar-refractivity contribution >= 4 is 53.1 Å². The number of carbonyl (C=O) groups is 1. The van der Waals surface area contributed by atoms with Crippen LogP contribution in [0.25, 0.3) is 0 Å². The van der Waals surface area contributed by atoms with Crippen LogP contribution < -0.4 is 15.5 Å². The molecule has 0 atom stereocenters. The second-order valence-electron chi connectivity index (χ2n) is 5.70. The molecule has 6 nitrogen and oxygen atoms in total. The maximum Gasteiger partial charge on any atom is 0.242 e.